The van der Waals surface area contributed by atoms with Gasteiger partial charge in [0.15, 0.2) is 31.2 Å². The van der Waals surface area contributed by atoms with Crippen LogP contribution in [0, 0.1) is 13.8 Å². The van der Waals surface area contributed by atoms with Gasteiger partial charge in [-0.1, -0.05) is 84.9 Å². The molecule has 342 valence electrons. The Bertz CT molecular complexity index is 2550. The molecule has 0 saturated carbocycles. The first-order valence-corrected chi connectivity index (χ1v) is 23.8. The summed E-state index contributed by atoms with van der Waals surface area (Å²) in [6, 6.07) is 27.2. The second-order valence-corrected chi connectivity index (χ2v) is 19.8. The number of nitrogens with zero attached hydrogens (tertiary/aromatic N) is 4. The number of ketones is 2. The molecule has 15 nitrogen and oxygen atoms in total. The van der Waals surface area contributed by atoms with E-state index in [0.29, 0.717) is 23.4 Å². The van der Waals surface area contributed by atoms with Crippen LogP contribution in [-0.4, -0.2) is 125 Å². The average molecular weight is 927 g/mol. The fourth-order valence-corrected chi connectivity index (χ4v) is 9.23. The van der Waals surface area contributed by atoms with Crippen molar-refractivity contribution in [1.82, 2.24) is 15.1 Å². The standard InChI is InChI=1S/C23H24F3N3O5S.C21H25N3O4S/c1-16-4-2-3-5-19(16)29(22(32)28-10-12-35(33,34)13-11-28)15-17-6-8-18(9-7-17)20(30)14-27-21(31)23(24,25)26;1-16-4-2-3-5-19(16)24(21(26)23-10-12-29(27,28)13-11-23)15-17-6-8-18(9-7-17)20(25)14-22/h2-9H,10-15H2,1H3,(H,27,31);2-9H,10-15,22H2,1H3. The number of benzene rings is 4. The molecule has 2 fully saturated rings. The van der Waals surface area contributed by atoms with Gasteiger partial charge in [-0.25, -0.2) is 26.4 Å². The molecule has 0 aliphatic carbocycles. The molecule has 4 aromatic carbocycles. The molecule has 64 heavy (non-hydrogen) atoms. The second-order valence-electron chi connectivity index (χ2n) is 15.2. The van der Waals surface area contributed by atoms with Crippen LogP contribution < -0.4 is 20.9 Å². The van der Waals surface area contributed by atoms with Crippen LogP contribution in [0.25, 0.3) is 0 Å². The van der Waals surface area contributed by atoms with E-state index >= 15 is 0 Å². The Kier molecular flexibility index (Phi) is 16.1. The van der Waals surface area contributed by atoms with Crippen LogP contribution in [-0.2, 0) is 37.6 Å². The van der Waals surface area contributed by atoms with Crippen molar-refractivity contribution < 1.29 is 54.0 Å². The lowest BCUT2D eigenvalue weighted by Gasteiger charge is -2.33. The van der Waals surface area contributed by atoms with Crippen LogP contribution in [0.5, 0.6) is 0 Å². The lowest BCUT2D eigenvalue weighted by Crippen LogP contribution is -2.50. The lowest BCUT2D eigenvalue weighted by molar-refractivity contribution is -0.173. The Morgan fingerprint density at radius 2 is 0.953 bits per heavy atom. The van der Waals surface area contributed by atoms with Crippen molar-refractivity contribution in [3.8, 4) is 0 Å². The summed E-state index contributed by atoms with van der Waals surface area (Å²) in [7, 11) is -6.25. The predicted molar refractivity (Wildman–Crippen MR) is 236 cm³/mol. The molecule has 0 spiro atoms. The van der Waals surface area contributed by atoms with Crippen molar-refractivity contribution >= 4 is 60.6 Å². The molecule has 0 radical (unpaired) electrons. The minimum atomic E-state index is -5.08. The van der Waals surface area contributed by atoms with Gasteiger partial charge in [0.25, 0.3) is 0 Å². The van der Waals surface area contributed by atoms with Crippen LogP contribution in [0.15, 0.2) is 97.1 Å². The highest BCUT2D eigenvalue weighted by molar-refractivity contribution is 7.91. The van der Waals surface area contributed by atoms with Gasteiger partial charge in [0.2, 0.25) is 0 Å². The van der Waals surface area contributed by atoms with Crippen molar-refractivity contribution in [3.05, 3.63) is 130 Å². The Morgan fingerprint density at radius 1 is 0.594 bits per heavy atom. The third-order valence-corrected chi connectivity index (χ3v) is 13.8. The maximum absolute atomic E-state index is 13.3. The first-order chi connectivity index (χ1) is 30.2. The predicted octanol–water partition coefficient (Wildman–Crippen LogP) is 4.71. The maximum atomic E-state index is 13.3. The first-order valence-electron chi connectivity index (χ1n) is 20.1. The van der Waals surface area contributed by atoms with Gasteiger partial charge in [0.1, 0.15) is 0 Å². The smallest absolute Gasteiger partial charge is 0.341 e. The summed E-state index contributed by atoms with van der Waals surface area (Å²) in [5, 5.41) is 1.54. The SMILES string of the molecule is Cc1ccccc1N(Cc1ccc(C(=O)CN)cc1)C(=O)N1CCS(=O)(=O)CC1.Cc1ccccc1N(Cc1ccc(C(=O)CNC(=O)C(F)(F)F)cc1)C(=O)N1CCS(=O)(=O)CC1. The number of nitrogens with one attached hydrogen (secondary N) is 1. The van der Waals surface area contributed by atoms with Crippen LogP contribution in [0.3, 0.4) is 0 Å². The fourth-order valence-electron chi connectivity index (χ4n) is 6.83. The minimum absolute atomic E-state index is 0.0176. The quantitative estimate of drug-likeness (QED) is 0.198. The van der Waals surface area contributed by atoms with Gasteiger partial charge in [-0.05, 0) is 48.2 Å². The molecule has 0 unspecified atom stereocenters. The minimum Gasteiger partial charge on any atom is -0.341 e. The molecule has 0 atom stereocenters. The second kappa shape index (κ2) is 21.0. The molecule has 2 aliphatic rings. The topological polar surface area (TPSA) is 205 Å². The number of rotatable bonds is 11. The number of carbonyl (C=O) groups is 5. The number of nitrogens with two attached hydrogens (primary N) is 1. The van der Waals surface area contributed by atoms with E-state index in [9.17, 15) is 54.0 Å². The monoisotopic (exact) mass is 926 g/mol. The van der Waals surface area contributed by atoms with Crippen molar-refractivity contribution in [3.63, 3.8) is 0 Å². The normalized spacial score (nSPS) is 15.5. The summed E-state index contributed by atoms with van der Waals surface area (Å²) in [6.45, 7) is 3.89. The van der Waals surface area contributed by atoms with E-state index < -0.39 is 44.1 Å². The number of urea groups is 2. The molecule has 4 aromatic rings. The summed E-state index contributed by atoms with van der Waals surface area (Å²) in [5.74, 6) is -3.29. The highest BCUT2D eigenvalue weighted by Crippen LogP contribution is 2.26. The molecule has 0 bridgehead atoms. The van der Waals surface area contributed by atoms with E-state index in [2.05, 4.69) is 0 Å². The van der Waals surface area contributed by atoms with Gasteiger partial charge in [-0.3, -0.25) is 24.2 Å². The zero-order chi connectivity index (χ0) is 46.8. The summed E-state index contributed by atoms with van der Waals surface area (Å²) in [5.41, 5.74) is 10.7. The summed E-state index contributed by atoms with van der Waals surface area (Å²) < 4.78 is 83.9. The summed E-state index contributed by atoms with van der Waals surface area (Å²) in [6.07, 6.45) is -5.08. The number of carbonyl (C=O) groups excluding carboxylic acids is 5. The highest BCUT2D eigenvalue weighted by atomic mass is 32.2. The third-order valence-electron chi connectivity index (χ3n) is 10.6. The molecule has 6 rings (SSSR count). The highest BCUT2D eigenvalue weighted by Gasteiger charge is 2.38. The van der Waals surface area contributed by atoms with Gasteiger partial charge in [-0.2, -0.15) is 13.2 Å². The van der Waals surface area contributed by atoms with Gasteiger partial charge in [-0.15, -0.1) is 0 Å². The van der Waals surface area contributed by atoms with E-state index in [0.717, 1.165) is 22.4 Å². The summed E-state index contributed by atoms with van der Waals surface area (Å²) in [4.78, 5) is 67.6. The van der Waals surface area contributed by atoms with E-state index in [1.807, 2.05) is 62.4 Å². The van der Waals surface area contributed by atoms with Crippen LogP contribution in [0.4, 0.5) is 34.1 Å². The molecule has 3 N–H and O–H groups in total. The molecule has 0 aromatic heterocycles. The van der Waals surface area contributed by atoms with Crippen LogP contribution >= 0.6 is 0 Å². The van der Waals surface area contributed by atoms with Crippen molar-refractivity contribution in [2.24, 2.45) is 5.73 Å². The number of aryl methyl sites for hydroxylation is 2. The number of Topliss-reactive ketones (excluding diaryl/α,β-unsaturated/α-hetero) is 2. The van der Waals surface area contributed by atoms with Crippen LogP contribution in [0.2, 0.25) is 0 Å². The first kappa shape index (κ1) is 48.9. The number of halogens is 3. The number of alkyl halides is 3. The third kappa shape index (κ3) is 13.2. The van der Waals surface area contributed by atoms with Gasteiger partial charge in [0.05, 0.1) is 49.2 Å². The number of hydrogen-bond donors (Lipinski definition) is 2. The molecule has 2 aliphatic heterocycles. The van der Waals surface area contributed by atoms with E-state index in [-0.39, 0.29) is 85.7 Å². The zero-order valence-corrected chi connectivity index (χ0v) is 36.8. The Morgan fingerprint density at radius 3 is 1.30 bits per heavy atom. The largest absolute Gasteiger partial charge is 0.471 e. The maximum Gasteiger partial charge on any atom is 0.471 e. The van der Waals surface area contributed by atoms with E-state index in [1.54, 1.807) is 46.2 Å². The average Bonchev–Trinajstić information content (AvgIpc) is 3.26. The number of anilines is 2. The van der Waals surface area contributed by atoms with Crippen molar-refractivity contribution in [2.75, 3.05) is 72.1 Å². The fraction of sp³-hybridized carbons (Fsp3) is 0.341. The molecule has 5 amide bonds. The Labute approximate surface area is 369 Å². The number of amides is 5. The Hall–Kier alpha value is -6.12. The van der Waals surface area contributed by atoms with E-state index in [4.69, 9.17) is 5.73 Å². The Balaban J connectivity index is 0.000000245. The molecule has 20 heteroatoms. The number of hydrogen-bond acceptors (Lipinski definition) is 10. The number of para-hydroxylation sites is 2. The van der Waals surface area contributed by atoms with Crippen molar-refractivity contribution in [2.45, 2.75) is 33.1 Å². The molecular weight excluding hydrogens is 878 g/mol. The van der Waals surface area contributed by atoms with E-state index in [1.165, 1.54) is 27.2 Å². The molecular formula is C44H49F3N6O9S2. The molecule has 2 saturated heterocycles. The lowest BCUT2D eigenvalue weighted by atomic mass is 10.1. The summed E-state index contributed by atoms with van der Waals surface area (Å²) >= 11 is 0. The molecule has 2 heterocycles. The van der Waals surface area contributed by atoms with Gasteiger partial charge >= 0.3 is 24.1 Å². The zero-order valence-electron chi connectivity index (χ0n) is 35.2. The van der Waals surface area contributed by atoms with Gasteiger partial charge in [0, 0.05) is 48.7 Å². The van der Waals surface area contributed by atoms with Crippen molar-refractivity contribution in [1.29, 1.82) is 0 Å². The van der Waals surface area contributed by atoms with Crippen LogP contribution in [0.1, 0.15) is 43.0 Å². The van der Waals surface area contributed by atoms with Gasteiger partial charge < -0.3 is 20.9 Å². The number of sulfone groups is 2.